The number of rotatable bonds is 5. The van der Waals surface area contributed by atoms with Gasteiger partial charge in [0.25, 0.3) is 0 Å². The molecule has 2 fully saturated rings. The highest BCUT2D eigenvalue weighted by Crippen LogP contribution is 2.42. The Morgan fingerprint density at radius 3 is 1.78 bits per heavy atom. The second-order valence-electron chi connectivity index (χ2n) is 6.61. The van der Waals surface area contributed by atoms with E-state index in [0.29, 0.717) is 12.5 Å². The fourth-order valence-electron chi connectivity index (χ4n) is 4.14. The minimum Gasteiger partial charge on any atom is -0.396 e. The van der Waals surface area contributed by atoms with Crippen molar-refractivity contribution in [3.8, 4) is 0 Å². The Morgan fingerprint density at radius 2 is 1.33 bits per heavy atom. The van der Waals surface area contributed by atoms with Gasteiger partial charge >= 0.3 is 0 Å². The summed E-state index contributed by atoms with van der Waals surface area (Å²) < 4.78 is 0. The Kier molecular flexibility index (Phi) is 5.75. The summed E-state index contributed by atoms with van der Waals surface area (Å²) in [6, 6.07) is 0. The lowest BCUT2D eigenvalue weighted by atomic mass is 9.69. The number of aliphatic hydroxyl groups is 1. The van der Waals surface area contributed by atoms with Crippen molar-refractivity contribution in [1.29, 1.82) is 0 Å². The second kappa shape index (κ2) is 7.33. The Hall–Kier alpha value is -0.300. The van der Waals surface area contributed by atoms with Crippen LogP contribution in [0.15, 0.2) is 12.7 Å². The van der Waals surface area contributed by atoms with Gasteiger partial charge in [-0.05, 0) is 75.0 Å². The second-order valence-corrected chi connectivity index (χ2v) is 6.61. The molecule has 0 aliphatic heterocycles. The van der Waals surface area contributed by atoms with E-state index in [9.17, 15) is 5.11 Å². The molecule has 0 atom stereocenters. The standard InChI is InChI=1S/C17H30O/c1-2-3-4-14-5-9-16(10-6-14)17-11-7-15(13-18)8-12-17/h2,14-18H,1,3-13H2/t14-,15-,16-,17-. The largest absolute Gasteiger partial charge is 0.396 e. The fourth-order valence-corrected chi connectivity index (χ4v) is 4.14. The van der Waals surface area contributed by atoms with Crippen molar-refractivity contribution in [3.63, 3.8) is 0 Å². The zero-order valence-electron chi connectivity index (χ0n) is 11.8. The van der Waals surface area contributed by atoms with E-state index in [2.05, 4.69) is 12.7 Å². The van der Waals surface area contributed by atoms with Crippen LogP contribution in [0.5, 0.6) is 0 Å². The summed E-state index contributed by atoms with van der Waals surface area (Å²) in [7, 11) is 0. The van der Waals surface area contributed by atoms with Gasteiger partial charge in [0.05, 0.1) is 0 Å². The summed E-state index contributed by atoms with van der Waals surface area (Å²) >= 11 is 0. The molecular formula is C17H30O. The molecule has 0 heterocycles. The van der Waals surface area contributed by atoms with Crippen LogP contribution in [0.1, 0.15) is 64.2 Å². The molecular weight excluding hydrogens is 220 g/mol. The van der Waals surface area contributed by atoms with E-state index in [1.54, 1.807) is 0 Å². The van der Waals surface area contributed by atoms with Gasteiger partial charge in [-0.1, -0.05) is 18.9 Å². The van der Waals surface area contributed by atoms with E-state index in [1.807, 2.05) is 0 Å². The van der Waals surface area contributed by atoms with Crippen LogP contribution in [0.25, 0.3) is 0 Å². The van der Waals surface area contributed by atoms with Gasteiger partial charge in [-0.25, -0.2) is 0 Å². The first-order chi connectivity index (χ1) is 8.83. The fraction of sp³-hybridized carbons (Fsp3) is 0.882. The third-order valence-electron chi connectivity index (χ3n) is 5.49. The van der Waals surface area contributed by atoms with Gasteiger partial charge in [0.1, 0.15) is 0 Å². The monoisotopic (exact) mass is 250 g/mol. The lowest BCUT2D eigenvalue weighted by Crippen LogP contribution is -2.26. The van der Waals surface area contributed by atoms with Crippen LogP contribution in [-0.2, 0) is 0 Å². The van der Waals surface area contributed by atoms with Crippen LogP contribution >= 0.6 is 0 Å². The molecule has 0 spiro atoms. The zero-order valence-corrected chi connectivity index (χ0v) is 11.8. The smallest absolute Gasteiger partial charge is 0.0459 e. The summed E-state index contributed by atoms with van der Waals surface area (Å²) in [6.07, 6.45) is 15.8. The molecule has 1 nitrogen and oxygen atoms in total. The summed E-state index contributed by atoms with van der Waals surface area (Å²) in [6.45, 7) is 4.25. The maximum atomic E-state index is 9.20. The van der Waals surface area contributed by atoms with E-state index >= 15 is 0 Å². The molecule has 0 amide bonds. The Balaban J connectivity index is 1.68. The molecule has 2 aliphatic rings. The molecule has 2 saturated carbocycles. The molecule has 1 heteroatoms. The normalized spacial score (nSPS) is 37.4. The van der Waals surface area contributed by atoms with E-state index < -0.39 is 0 Å². The first-order valence-electron chi connectivity index (χ1n) is 8.05. The quantitative estimate of drug-likeness (QED) is 0.709. The van der Waals surface area contributed by atoms with E-state index in [4.69, 9.17) is 0 Å². The van der Waals surface area contributed by atoms with Gasteiger partial charge in [-0.3, -0.25) is 0 Å². The number of allylic oxidation sites excluding steroid dienone is 1. The summed E-state index contributed by atoms with van der Waals surface area (Å²) in [4.78, 5) is 0. The molecule has 1 N–H and O–H groups in total. The van der Waals surface area contributed by atoms with Gasteiger partial charge < -0.3 is 5.11 Å². The van der Waals surface area contributed by atoms with Crippen LogP contribution in [-0.4, -0.2) is 11.7 Å². The molecule has 2 aliphatic carbocycles. The number of aliphatic hydroxyl groups excluding tert-OH is 1. The molecule has 0 aromatic carbocycles. The topological polar surface area (TPSA) is 20.2 Å². The summed E-state index contributed by atoms with van der Waals surface area (Å²) in [5.74, 6) is 3.58. The third-order valence-corrected chi connectivity index (χ3v) is 5.49. The highest BCUT2D eigenvalue weighted by Gasteiger charge is 2.30. The first kappa shape index (κ1) is 14.1. The van der Waals surface area contributed by atoms with Crippen molar-refractivity contribution in [2.45, 2.75) is 64.2 Å². The maximum absolute atomic E-state index is 9.20. The Bertz CT molecular complexity index is 232. The minimum atomic E-state index is 0.418. The van der Waals surface area contributed by atoms with E-state index in [-0.39, 0.29) is 0 Å². The van der Waals surface area contributed by atoms with E-state index in [0.717, 1.165) is 17.8 Å². The lowest BCUT2D eigenvalue weighted by molar-refractivity contribution is 0.116. The third kappa shape index (κ3) is 3.85. The average molecular weight is 250 g/mol. The molecule has 0 bridgehead atoms. The molecule has 2 rings (SSSR count). The molecule has 0 aromatic heterocycles. The predicted octanol–water partition coefficient (Wildman–Crippen LogP) is 4.56. The van der Waals surface area contributed by atoms with Crippen LogP contribution in [0.3, 0.4) is 0 Å². The van der Waals surface area contributed by atoms with E-state index in [1.165, 1.54) is 64.2 Å². The van der Waals surface area contributed by atoms with Gasteiger partial charge in [0, 0.05) is 6.61 Å². The summed E-state index contributed by atoms with van der Waals surface area (Å²) in [5.41, 5.74) is 0. The van der Waals surface area contributed by atoms with Crippen molar-refractivity contribution in [2.75, 3.05) is 6.61 Å². The van der Waals surface area contributed by atoms with Crippen LogP contribution < -0.4 is 0 Å². The number of hydrogen-bond acceptors (Lipinski definition) is 1. The number of hydrogen-bond donors (Lipinski definition) is 1. The average Bonchev–Trinajstić information content (AvgIpc) is 2.46. The molecule has 0 radical (unpaired) electrons. The Morgan fingerprint density at radius 1 is 0.833 bits per heavy atom. The lowest BCUT2D eigenvalue weighted by Gasteiger charge is -2.37. The Labute approximate surface area is 113 Å². The maximum Gasteiger partial charge on any atom is 0.0459 e. The highest BCUT2D eigenvalue weighted by molar-refractivity contribution is 4.82. The van der Waals surface area contributed by atoms with Crippen LogP contribution in [0.4, 0.5) is 0 Å². The van der Waals surface area contributed by atoms with Crippen LogP contribution in [0, 0.1) is 23.7 Å². The predicted molar refractivity (Wildman–Crippen MR) is 77.4 cm³/mol. The SMILES string of the molecule is C=CCC[C@H]1CC[C@H]([C@H]2CC[C@H](CO)CC2)CC1. The molecule has 0 aromatic rings. The van der Waals surface area contributed by atoms with Gasteiger partial charge in [-0.15, -0.1) is 6.58 Å². The molecule has 0 saturated heterocycles. The minimum absolute atomic E-state index is 0.418. The highest BCUT2D eigenvalue weighted by atomic mass is 16.3. The molecule has 18 heavy (non-hydrogen) atoms. The van der Waals surface area contributed by atoms with Gasteiger partial charge in [0.15, 0.2) is 0 Å². The van der Waals surface area contributed by atoms with Crippen molar-refractivity contribution >= 4 is 0 Å². The van der Waals surface area contributed by atoms with Gasteiger partial charge in [0.2, 0.25) is 0 Å². The zero-order chi connectivity index (χ0) is 12.8. The first-order valence-corrected chi connectivity index (χ1v) is 8.05. The van der Waals surface area contributed by atoms with Crippen molar-refractivity contribution in [3.05, 3.63) is 12.7 Å². The van der Waals surface area contributed by atoms with Crippen molar-refractivity contribution < 1.29 is 5.11 Å². The van der Waals surface area contributed by atoms with Gasteiger partial charge in [-0.2, -0.15) is 0 Å². The van der Waals surface area contributed by atoms with Crippen LogP contribution in [0.2, 0.25) is 0 Å². The molecule has 0 unspecified atom stereocenters. The summed E-state index contributed by atoms with van der Waals surface area (Å²) in [5, 5.41) is 9.20. The molecule has 104 valence electrons. The van der Waals surface area contributed by atoms with Crippen molar-refractivity contribution in [2.24, 2.45) is 23.7 Å². The van der Waals surface area contributed by atoms with Crippen molar-refractivity contribution in [1.82, 2.24) is 0 Å².